The number of halogens is 2. The van der Waals surface area contributed by atoms with Crippen LogP contribution in [0, 0.1) is 5.82 Å². The SMILES string of the molecule is COc1ccc(F)cc1-c1csc(CBr)n1. The van der Waals surface area contributed by atoms with Gasteiger partial charge in [-0.2, -0.15) is 0 Å². The summed E-state index contributed by atoms with van der Waals surface area (Å²) >= 11 is 4.87. The Morgan fingerprint density at radius 2 is 2.31 bits per heavy atom. The van der Waals surface area contributed by atoms with Crippen LogP contribution in [0.4, 0.5) is 4.39 Å². The van der Waals surface area contributed by atoms with Crippen molar-refractivity contribution in [2.45, 2.75) is 5.33 Å². The Balaban J connectivity index is 2.49. The molecule has 0 atom stereocenters. The largest absolute Gasteiger partial charge is 0.496 e. The minimum absolute atomic E-state index is 0.288. The van der Waals surface area contributed by atoms with Crippen molar-refractivity contribution in [3.05, 3.63) is 34.4 Å². The van der Waals surface area contributed by atoms with Crippen LogP contribution in [0.5, 0.6) is 5.75 Å². The van der Waals surface area contributed by atoms with Gasteiger partial charge in [0, 0.05) is 10.9 Å². The minimum Gasteiger partial charge on any atom is -0.496 e. The molecule has 0 bridgehead atoms. The fourth-order valence-electron chi connectivity index (χ4n) is 1.38. The summed E-state index contributed by atoms with van der Waals surface area (Å²) in [6, 6.07) is 4.42. The van der Waals surface area contributed by atoms with E-state index in [-0.39, 0.29) is 5.82 Å². The third-order valence-corrected chi connectivity index (χ3v) is 3.85. The molecule has 2 nitrogen and oxygen atoms in total. The third kappa shape index (κ3) is 2.25. The molecule has 0 unspecified atom stereocenters. The lowest BCUT2D eigenvalue weighted by Crippen LogP contribution is -1.89. The summed E-state index contributed by atoms with van der Waals surface area (Å²) in [6.07, 6.45) is 0. The molecule has 0 N–H and O–H groups in total. The maximum absolute atomic E-state index is 13.2. The molecule has 1 aromatic heterocycles. The summed E-state index contributed by atoms with van der Waals surface area (Å²) in [4.78, 5) is 4.37. The zero-order valence-corrected chi connectivity index (χ0v) is 10.9. The van der Waals surface area contributed by atoms with E-state index < -0.39 is 0 Å². The molecule has 1 heterocycles. The number of thiazole rings is 1. The average molecular weight is 302 g/mol. The van der Waals surface area contributed by atoms with Crippen LogP contribution in [0.25, 0.3) is 11.3 Å². The number of alkyl halides is 1. The maximum atomic E-state index is 13.2. The van der Waals surface area contributed by atoms with Gasteiger partial charge < -0.3 is 4.74 Å². The smallest absolute Gasteiger partial charge is 0.128 e. The predicted molar refractivity (Wildman–Crippen MR) is 66.7 cm³/mol. The first-order valence-corrected chi connectivity index (χ1v) is 6.59. The summed E-state index contributed by atoms with van der Waals surface area (Å²) in [6.45, 7) is 0. The van der Waals surface area contributed by atoms with E-state index in [0.717, 1.165) is 10.7 Å². The second-order valence-corrected chi connectivity index (χ2v) is 4.61. The van der Waals surface area contributed by atoms with Gasteiger partial charge in [0.05, 0.1) is 18.1 Å². The van der Waals surface area contributed by atoms with Gasteiger partial charge in [0.15, 0.2) is 0 Å². The van der Waals surface area contributed by atoms with Crippen molar-refractivity contribution >= 4 is 27.3 Å². The zero-order valence-electron chi connectivity index (χ0n) is 8.54. The Labute approximate surface area is 105 Å². The zero-order chi connectivity index (χ0) is 11.5. The summed E-state index contributed by atoms with van der Waals surface area (Å²) in [5.41, 5.74) is 1.43. The lowest BCUT2D eigenvalue weighted by Gasteiger charge is -2.05. The van der Waals surface area contributed by atoms with Gasteiger partial charge in [-0.3, -0.25) is 0 Å². The van der Waals surface area contributed by atoms with Crippen molar-refractivity contribution in [1.29, 1.82) is 0 Å². The molecule has 0 amide bonds. The normalized spacial score (nSPS) is 10.4. The van der Waals surface area contributed by atoms with Crippen molar-refractivity contribution in [2.24, 2.45) is 0 Å². The highest BCUT2D eigenvalue weighted by atomic mass is 79.9. The number of ether oxygens (including phenoxy) is 1. The fourth-order valence-corrected chi connectivity index (χ4v) is 2.54. The van der Waals surface area contributed by atoms with E-state index in [1.165, 1.54) is 23.5 Å². The molecular formula is C11H9BrFNOS. The molecule has 2 rings (SSSR count). The van der Waals surface area contributed by atoms with Crippen molar-refractivity contribution in [2.75, 3.05) is 7.11 Å². The van der Waals surface area contributed by atoms with E-state index in [1.54, 1.807) is 13.2 Å². The fraction of sp³-hybridized carbons (Fsp3) is 0.182. The van der Waals surface area contributed by atoms with E-state index in [1.807, 2.05) is 5.38 Å². The van der Waals surface area contributed by atoms with Gasteiger partial charge in [-0.1, -0.05) is 15.9 Å². The lowest BCUT2D eigenvalue weighted by atomic mass is 10.1. The van der Waals surface area contributed by atoms with E-state index >= 15 is 0 Å². The van der Waals surface area contributed by atoms with Gasteiger partial charge in [-0.15, -0.1) is 11.3 Å². The van der Waals surface area contributed by atoms with Gasteiger partial charge in [-0.05, 0) is 18.2 Å². The van der Waals surface area contributed by atoms with Crippen LogP contribution in [-0.4, -0.2) is 12.1 Å². The average Bonchev–Trinajstić information content (AvgIpc) is 2.77. The first-order valence-electron chi connectivity index (χ1n) is 4.59. The van der Waals surface area contributed by atoms with Gasteiger partial charge in [-0.25, -0.2) is 9.37 Å². The Bertz CT molecular complexity index is 500. The summed E-state index contributed by atoms with van der Waals surface area (Å²) < 4.78 is 18.4. The highest BCUT2D eigenvalue weighted by molar-refractivity contribution is 9.08. The van der Waals surface area contributed by atoms with Crippen LogP contribution >= 0.6 is 27.3 Å². The lowest BCUT2D eigenvalue weighted by molar-refractivity contribution is 0.415. The monoisotopic (exact) mass is 301 g/mol. The highest BCUT2D eigenvalue weighted by Crippen LogP contribution is 2.31. The first kappa shape index (κ1) is 11.5. The van der Waals surface area contributed by atoms with Gasteiger partial charge >= 0.3 is 0 Å². The molecule has 1 aromatic carbocycles. The highest BCUT2D eigenvalue weighted by Gasteiger charge is 2.10. The Hall–Kier alpha value is -0.940. The van der Waals surface area contributed by atoms with Gasteiger partial charge in [0.1, 0.15) is 16.6 Å². The predicted octanol–water partition coefficient (Wildman–Crippen LogP) is 3.85. The third-order valence-electron chi connectivity index (χ3n) is 2.10. The van der Waals surface area contributed by atoms with Crippen molar-refractivity contribution in [3.8, 4) is 17.0 Å². The molecule has 2 aromatic rings. The number of nitrogens with zero attached hydrogens (tertiary/aromatic N) is 1. The molecule has 5 heteroatoms. The minimum atomic E-state index is -0.288. The molecular weight excluding hydrogens is 293 g/mol. The molecule has 0 aliphatic heterocycles. The summed E-state index contributed by atoms with van der Waals surface area (Å²) in [5.74, 6) is 0.344. The second kappa shape index (κ2) is 4.93. The van der Waals surface area contributed by atoms with Crippen molar-refractivity contribution < 1.29 is 9.13 Å². The Kier molecular flexibility index (Phi) is 3.56. The van der Waals surface area contributed by atoms with Crippen LogP contribution in [0.15, 0.2) is 23.6 Å². The molecule has 0 fully saturated rings. The van der Waals surface area contributed by atoms with Gasteiger partial charge in [0.25, 0.3) is 0 Å². The molecule has 0 saturated carbocycles. The van der Waals surface area contributed by atoms with E-state index in [9.17, 15) is 4.39 Å². The van der Waals surface area contributed by atoms with Gasteiger partial charge in [0.2, 0.25) is 0 Å². The topological polar surface area (TPSA) is 22.1 Å². The summed E-state index contributed by atoms with van der Waals surface area (Å²) in [7, 11) is 1.56. The number of hydrogen-bond donors (Lipinski definition) is 0. The number of aromatic nitrogens is 1. The first-order chi connectivity index (χ1) is 7.74. The second-order valence-electron chi connectivity index (χ2n) is 3.10. The molecule has 0 radical (unpaired) electrons. The number of rotatable bonds is 3. The van der Waals surface area contributed by atoms with Crippen LogP contribution in [0.1, 0.15) is 5.01 Å². The van der Waals surface area contributed by atoms with E-state index in [0.29, 0.717) is 16.6 Å². The molecule has 0 saturated heterocycles. The number of hydrogen-bond acceptors (Lipinski definition) is 3. The Morgan fingerprint density at radius 1 is 1.50 bits per heavy atom. The van der Waals surface area contributed by atoms with E-state index in [4.69, 9.17) is 4.74 Å². The standard InChI is InChI=1S/C11H9BrFNOS/c1-15-10-3-2-7(13)4-8(10)9-6-16-11(5-12)14-9/h2-4,6H,5H2,1H3. The quantitative estimate of drug-likeness (QED) is 0.803. The van der Waals surface area contributed by atoms with Crippen LogP contribution in [-0.2, 0) is 5.33 Å². The molecule has 84 valence electrons. The molecule has 16 heavy (non-hydrogen) atoms. The van der Waals surface area contributed by atoms with E-state index in [2.05, 4.69) is 20.9 Å². The summed E-state index contributed by atoms with van der Waals surface area (Å²) in [5, 5.41) is 3.56. The van der Waals surface area contributed by atoms with Crippen molar-refractivity contribution in [3.63, 3.8) is 0 Å². The molecule has 0 aliphatic carbocycles. The Morgan fingerprint density at radius 3 is 2.94 bits per heavy atom. The number of benzene rings is 1. The molecule has 0 spiro atoms. The van der Waals surface area contributed by atoms with Crippen molar-refractivity contribution in [1.82, 2.24) is 4.98 Å². The van der Waals surface area contributed by atoms with Crippen LogP contribution in [0.3, 0.4) is 0 Å². The number of methoxy groups -OCH3 is 1. The molecule has 0 aliphatic rings. The van der Waals surface area contributed by atoms with Crippen LogP contribution < -0.4 is 4.74 Å². The maximum Gasteiger partial charge on any atom is 0.128 e. The van der Waals surface area contributed by atoms with Crippen LogP contribution in [0.2, 0.25) is 0 Å².